The molecule has 5 heteroatoms. The largest absolute Gasteiger partial charge is 0.296 e. The van der Waals surface area contributed by atoms with Crippen molar-refractivity contribution in [2.24, 2.45) is 13.0 Å². The van der Waals surface area contributed by atoms with Gasteiger partial charge >= 0.3 is 0 Å². The fourth-order valence-electron chi connectivity index (χ4n) is 2.02. The molecule has 100 valence electrons. The summed E-state index contributed by atoms with van der Waals surface area (Å²) >= 11 is 6.25. The highest BCUT2D eigenvalue weighted by Gasteiger charge is 2.15. The number of halogens is 1. The molecule has 0 radical (unpaired) electrons. The third-order valence-corrected chi connectivity index (χ3v) is 3.29. The standard InChI is InChI=1S/C13H21ClN4/c1-10(2)8-18(7-5-6-15)9-12-13(14)11(3)16-17(12)4/h10H,5,7-9H2,1-4H3. The van der Waals surface area contributed by atoms with Gasteiger partial charge in [0.2, 0.25) is 0 Å². The number of hydrogen-bond acceptors (Lipinski definition) is 3. The van der Waals surface area contributed by atoms with Gasteiger partial charge in [-0.2, -0.15) is 10.4 Å². The molecule has 18 heavy (non-hydrogen) atoms. The molecule has 1 aromatic rings. The van der Waals surface area contributed by atoms with Gasteiger partial charge in [0, 0.05) is 33.1 Å². The Kier molecular flexibility index (Phi) is 5.64. The highest BCUT2D eigenvalue weighted by atomic mass is 35.5. The Hall–Kier alpha value is -1.05. The number of hydrogen-bond donors (Lipinski definition) is 0. The van der Waals surface area contributed by atoms with Gasteiger partial charge in [-0.1, -0.05) is 25.4 Å². The molecule has 0 aliphatic heterocycles. The summed E-state index contributed by atoms with van der Waals surface area (Å²) < 4.78 is 1.83. The molecule has 0 spiro atoms. The molecule has 1 rings (SSSR count). The van der Waals surface area contributed by atoms with Crippen LogP contribution in [-0.4, -0.2) is 27.8 Å². The zero-order valence-corrected chi connectivity index (χ0v) is 12.3. The molecule has 0 aliphatic rings. The van der Waals surface area contributed by atoms with Gasteiger partial charge in [-0.3, -0.25) is 9.58 Å². The quantitative estimate of drug-likeness (QED) is 0.797. The van der Waals surface area contributed by atoms with Gasteiger partial charge in [0.1, 0.15) is 0 Å². The summed E-state index contributed by atoms with van der Waals surface area (Å²) in [6, 6.07) is 2.19. The maximum absolute atomic E-state index is 8.71. The Morgan fingerprint density at radius 2 is 2.17 bits per heavy atom. The van der Waals surface area contributed by atoms with Crippen LogP contribution in [0.1, 0.15) is 31.7 Å². The summed E-state index contributed by atoms with van der Waals surface area (Å²) in [7, 11) is 1.91. The first-order valence-corrected chi connectivity index (χ1v) is 6.60. The van der Waals surface area contributed by atoms with E-state index in [0.29, 0.717) is 12.3 Å². The lowest BCUT2D eigenvalue weighted by Crippen LogP contribution is -2.29. The van der Waals surface area contributed by atoms with Crippen LogP contribution in [0.3, 0.4) is 0 Å². The molecule has 4 nitrogen and oxygen atoms in total. The number of nitriles is 1. The molecule has 0 aliphatic carbocycles. The maximum Gasteiger partial charge on any atom is 0.0860 e. The highest BCUT2D eigenvalue weighted by molar-refractivity contribution is 6.31. The van der Waals surface area contributed by atoms with E-state index >= 15 is 0 Å². The highest BCUT2D eigenvalue weighted by Crippen LogP contribution is 2.21. The molecule has 0 amide bonds. The van der Waals surface area contributed by atoms with Gasteiger partial charge in [-0.25, -0.2) is 0 Å². The average molecular weight is 269 g/mol. The fourth-order valence-corrected chi connectivity index (χ4v) is 2.24. The molecule has 0 bridgehead atoms. The van der Waals surface area contributed by atoms with Crippen LogP contribution >= 0.6 is 11.6 Å². The molecule has 0 saturated heterocycles. The summed E-state index contributed by atoms with van der Waals surface area (Å²) in [5.74, 6) is 0.566. The first-order chi connectivity index (χ1) is 8.45. The van der Waals surface area contributed by atoms with Crippen molar-refractivity contribution in [2.75, 3.05) is 13.1 Å². The number of aryl methyl sites for hydroxylation is 2. The van der Waals surface area contributed by atoms with E-state index in [0.717, 1.165) is 36.0 Å². The van der Waals surface area contributed by atoms with E-state index in [1.807, 2.05) is 18.7 Å². The Morgan fingerprint density at radius 1 is 1.50 bits per heavy atom. The van der Waals surface area contributed by atoms with Crippen LogP contribution in [-0.2, 0) is 13.6 Å². The first-order valence-electron chi connectivity index (χ1n) is 6.23. The van der Waals surface area contributed by atoms with Crippen LogP contribution in [0.5, 0.6) is 0 Å². The average Bonchev–Trinajstić information content (AvgIpc) is 2.52. The number of nitrogens with zero attached hydrogens (tertiary/aromatic N) is 4. The number of rotatable bonds is 6. The minimum atomic E-state index is 0.543. The van der Waals surface area contributed by atoms with Crippen LogP contribution in [0, 0.1) is 24.2 Å². The summed E-state index contributed by atoms with van der Waals surface area (Å²) in [6.45, 7) is 8.74. The molecule has 0 saturated carbocycles. The Balaban J connectivity index is 2.78. The van der Waals surface area contributed by atoms with E-state index in [1.165, 1.54) is 0 Å². The van der Waals surface area contributed by atoms with Gasteiger partial charge in [0.15, 0.2) is 0 Å². The smallest absolute Gasteiger partial charge is 0.0860 e. The molecule has 0 fully saturated rings. The monoisotopic (exact) mass is 268 g/mol. The molecule has 0 atom stereocenters. The molecule has 0 aromatic carbocycles. The topological polar surface area (TPSA) is 44.9 Å². The molecular formula is C13H21ClN4. The van der Waals surface area contributed by atoms with E-state index in [9.17, 15) is 0 Å². The van der Waals surface area contributed by atoms with E-state index in [2.05, 4.69) is 29.9 Å². The SMILES string of the molecule is Cc1nn(C)c(CN(CCC#N)CC(C)C)c1Cl. The van der Waals surface area contributed by atoms with Gasteiger partial charge in [-0.15, -0.1) is 0 Å². The molecular weight excluding hydrogens is 248 g/mol. The second kappa shape index (κ2) is 6.77. The second-order valence-corrected chi connectivity index (χ2v) is 5.38. The van der Waals surface area contributed by atoms with Gasteiger partial charge in [0.05, 0.1) is 22.5 Å². The van der Waals surface area contributed by atoms with Crippen molar-refractivity contribution in [3.63, 3.8) is 0 Å². The zero-order valence-electron chi connectivity index (χ0n) is 11.6. The van der Waals surface area contributed by atoms with E-state index in [4.69, 9.17) is 16.9 Å². The van der Waals surface area contributed by atoms with Crippen molar-refractivity contribution >= 4 is 11.6 Å². The van der Waals surface area contributed by atoms with Crippen molar-refractivity contribution in [2.45, 2.75) is 33.7 Å². The Bertz CT molecular complexity index is 431. The van der Waals surface area contributed by atoms with Gasteiger partial charge in [0.25, 0.3) is 0 Å². The third kappa shape index (κ3) is 4.01. The lowest BCUT2D eigenvalue weighted by Gasteiger charge is -2.23. The first kappa shape index (κ1) is 15.0. The molecule has 0 unspecified atom stereocenters. The van der Waals surface area contributed by atoms with Crippen molar-refractivity contribution in [3.05, 3.63) is 16.4 Å². The van der Waals surface area contributed by atoms with E-state index in [-0.39, 0.29) is 0 Å². The molecule has 1 heterocycles. The van der Waals surface area contributed by atoms with E-state index in [1.54, 1.807) is 0 Å². The predicted molar refractivity (Wildman–Crippen MR) is 73.3 cm³/mol. The Labute approximate surface area is 114 Å². The van der Waals surface area contributed by atoms with Crippen LogP contribution < -0.4 is 0 Å². The summed E-state index contributed by atoms with van der Waals surface area (Å²) in [4.78, 5) is 2.26. The van der Waals surface area contributed by atoms with Crippen molar-refractivity contribution < 1.29 is 0 Å². The van der Waals surface area contributed by atoms with E-state index < -0.39 is 0 Å². The Morgan fingerprint density at radius 3 is 2.61 bits per heavy atom. The second-order valence-electron chi connectivity index (χ2n) is 5.01. The van der Waals surface area contributed by atoms with Crippen LogP contribution in [0.15, 0.2) is 0 Å². The molecule has 1 aromatic heterocycles. The molecule has 0 N–H and O–H groups in total. The van der Waals surface area contributed by atoms with Crippen molar-refractivity contribution in [1.82, 2.24) is 14.7 Å². The summed E-state index contributed by atoms with van der Waals surface area (Å²) in [5.41, 5.74) is 1.88. The normalized spacial score (nSPS) is 11.2. The summed E-state index contributed by atoms with van der Waals surface area (Å²) in [5, 5.41) is 13.8. The summed E-state index contributed by atoms with van der Waals surface area (Å²) in [6.07, 6.45) is 0.543. The fraction of sp³-hybridized carbons (Fsp3) is 0.692. The van der Waals surface area contributed by atoms with Crippen LogP contribution in [0.4, 0.5) is 0 Å². The minimum Gasteiger partial charge on any atom is -0.296 e. The lowest BCUT2D eigenvalue weighted by atomic mass is 10.2. The van der Waals surface area contributed by atoms with Crippen molar-refractivity contribution in [1.29, 1.82) is 5.26 Å². The van der Waals surface area contributed by atoms with Crippen LogP contribution in [0.2, 0.25) is 5.02 Å². The zero-order chi connectivity index (χ0) is 13.7. The minimum absolute atomic E-state index is 0.543. The van der Waals surface area contributed by atoms with Crippen LogP contribution in [0.25, 0.3) is 0 Å². The third-order valence-electron chi connectivity index (χ3n) is 2.80. The van der Waals surface area contributed by atoms with Gasteiger partial charge < -0.3 is 0 Å². The number of aromatic nitrogens is 2. The predicted octanol–water partition coefficient (Wildman–Crippen LogP) is 2.75. The van der Waals surface area contributed by atoms with Gasteiger partial charge in [-0.05, 0) is 12.8 Å². The van der Waals surface area contributed by atoms with Crippen molar-refractivity contribution in [3.8, 4) is 6.07 Å². The maximum atomic E-state index is 8.71. The lowest BCUT2D eigenvalue weighted by molar-refractivity contribution is 0.235.